The van der Waals surface area contributed by atoms with Crippen molar-refractivity contribution in [3.63, 3.8) is 0 Å². The minimum Gasteiger partial charge on any atom is -0.504 e. The van der Waals surface area contributed by atoms with Crippen molar-refractivity contribution in [3.05, 3.63) is 72.0 Å². The van der Waals surface area contributed by atoms with Crippen LogP contribution < -0.4 is 0 Å². The second kappa shape index (κ2) is 5.13. The van der Waals surface area contributed by atoms with Crippen molar-refractivity contribution in [1.82, 2.24) is 0 Å². The first kappa shape index (κ1) is 12.4. The Morgan fingerprint density at radius 2 is 1.65 bits per heavy atom. The summed E-state index contributed by atoms with van der Waals surface area (Å²) in [5, 5.41) is 11.7. The summed E-state index contributed by atoms with van der Waals surface area (Å²) in [6.07, 6.45) is 1.47. The van der Waals surface area contributed by atoms with Gasteiger partial charge in [0.2, 0.25) is 0 Å². The van der Waals surface area contributed by atoms with Gasteiger partial charge in [-0.1, -0.05) is 42.5 Å². The number of rotatable bonds is 2. The highest BCUT2D eigenvalue weighted by molar-refractivity contribution is 5.95. The van der Waals surface area contributed by atoms with Crippen molar-refractivity contribution < 1.29 is 9.50 Å². The molecule has 0 saturated heterocycles. The molecule has 3 heteroatoms. The Balaban J connectivity index is 2.05. The molecule has 98 valence electrons. The average Bonchev–Trinajstić information content (AvgIpc) is 2.49. The lowest BCUT2D eigenvalue weighted by molar-refractivity contribution is 0.431. The van der Waals surface area contributed by atoms with E-state index in [1.807, 2.05) is 42.5 Å². The minimum absolute atomic E-state index is 0.359. The normalized spacial score (nSPS) is 11.2. The van der Waals surface area contributed by atoms with Gasteiger partial charge in [-0.15, -0.1) is 0 Å². The molecule has 2 nitrogen and oxygen atoms in total. The maximum Gasteiger partial charge on any atom is 0.165 e. The van der Waals surface area contributed by atoms with Crippen LogP contribution in [-0.2, 0) is 0 Å². The summed E-state index contributed by atoms with van der Waals surface area (Å²) in [4.78, 5) is 4.35. The summed E-state index contributed by atoms with van der Waals surface area (Å²) in [6, 6.07) is 18.1. The van der Waals surface area contributed by atoms with Gasteiger partial charge in [-0.05, 0) is 23.6 Å². The van der Waals surface area contributed by atoms with Gasteiger partial charge in [0, 0.05) is 17.2 Å². The molecule has 3 aromatic carbocycles. The van der Waals surface area contributed by atoms with Gasteiger partial charge in [-0.3, -0.25) is 4.99 Å². The molecule has 0 spiro atoms. The number of phenolic OH excluding ortho intramolecular Hbond substituents is 1. The van der Waals surface area contributed by atoms with Crippen molar-refractivity contribution in [2.45, 2.75) is 0 Å². The molecule has 0 radical (unpaired) electrons. The maximum absolute atomic E-state index is 13.2. The number of fused-ring (bicyclic) bond motifs is 1. The lowest BCUT2D eigenvalue weighted by atomic mass is 10.1. The van der Waals surface area contributed by atoms with Crippen LogP contribution >= 0.6 is 0 Å². The van der Waals surface area contributed by atoms with Crippen LogP contribution in [0.2, 0.25) is 0 Å². The number of hydrogen-bond donors (Lipinski definition) is 1. The molecule has 0 bridgehead atoms. The Kier molecular flexibility index (Phi) is 3.17. The van der Waals surface area contributed by atoms with E-state index in [0.717, 1.165) is 16.5 Å². The van der Waals surface area contributed by atoms with Crippen molar-refractivity contribution >= 4 is 22.7 Å². The quantitative estimate of drug-likeness (QED) is 0.683. The van der Waals surface area contributed by atoms with E-state index in [-0.39, 0.29) is 5.75 Å². The highest BCUT2D eigenvalue weighted by Gasteiger charge is 2.04. The highest BCUT2D eigenvalue weighted by atomic mass is 19.1. The Labute approximate surface area is 115 Å². The smallest absolute Gasteiger partial charge is 0.165 e. The van der Waals surface area contributed by atoms with Gasteiger partial charge in [0.25, 0.3) is 0 Å². The summed E-state index contributed by atoms with van der Waals surface area (Å²) in [6.45, 7) is 0. The third-order valence-electron chi connectivity index (χ3n) is 3.13. The summed E-state index contributed by atoms with van der Waals surface area (Å²) in [7, 11) is 0. The van der Waals surface area contributed by atoms with Crippen LogP contribution in [0.3, 0.4) is 0 Å². The van der Waals surface area contributed by atoms with Crippen molar-refractivity contribution in [1.29, 1.82) is 0 Å². The molecule has 0 aliphatic rings. The lowest BCUT2D eigenvalue weighted by Gasteiger charge is -2.02. The fraction of sp³-hybridized carbons (Fsp3) is 0. The van der Waals surface area contributed by atoms with Gasteiger partial charge < -0.3 is 5.11 Å². The van der Waals surface area contributed by atoms with Crippen LogP contribution in [0, 0.1) is 5.82 Å². The largest absolute Gasteiger partial charge is 0.504 e. The Hall–Kier alpha value is -2.68. The highest BCUT2D eigenvalue weighted by Crippen LogP contribution is 2.26. The fourth-order valence-electron chi connectivity index (χ4n) is 2.10. The summed E-state index contributed by atoms with van der Waals surface area (Å²) in [5.74, 6) is -1.02. The number of nitrogens with zero attached hydrogens (tertiary/aromatic N) is 1. The van der Waals surface area contributed by atoms with Gasteiger partial charge in [0.15, 0.2) is 11.6 Å². The molecule has 0 heterocycles. The van der Waals surface area contributed by atoms with E-state index in [1.165, 1.54) is 12.3 Å². The molecule has 3 aromatic rings. The molecule has 3 rings (SSSR count). The van der Waals surface area contributed by atoms with Crippen LogP contribution in [-0.4, -0.2) is 11.3 Å². The van der Waals surface area contributed by atoms with Gasteiger partial charge in [0.1, 0.15) is 0 Å². The number of benzene rings is 3. The molecule has 0 atom stereocenters. The molecule has 20 heavy (non-hydrogen) atoms. The second-order valence-corrected chi connectivity index (χ2v) is 4.43. The SMILES string of the molecule is Oc1c(F)cccc1C=Nc1cccc2ccccc12. The van der Waals surface area contributed by atoms with E-state index >= 15 is 0 Å². The molecular formula is C17H12FNO. The molecule has 0 fully saturated rings. The van der Waals surface area contributed by atoms with E-state index in [4.69, 9.17) is 0 Å². The van der Waals surface area contributed by atoms with Crippen LogP contribution in [0.5, 0.6) is 5.75 Å². The predicted octanol–water partition coefficient (Wildman–Crippen LogP) is 4.44. The van der Waals surface area contributed by atoms with E-state index in [0.29, 0.717) is 5.56 Å². The van der Waals surface area contributed by atoms with E-state index in [9.17, 15) is 9.50 Å². The number of para-hydroxylation sites is 1. The first-order valence-corrected chi connectivity index (χ1v) is 6.25. The van der Waals surface area contributed by atoms with Gasteiger partial charge in [-0.2, -0.15) is 0 Å². The first-order chi connectivity index (χ1) is 9.75. The van der Waals surface area contributed by atoms with E-state index in [1.54, 1.807) is 12.1 Å². The zero-order chi connectivity index (χ0) is 13.9. The Bertz CT molecular complexity index is 791. The molecule has 0 aliphatic heterocycles. The molecule has 0 amide bonds. The van der Waals surface area contributed by atoms with Crippen molar-refractivity contribution in [2.75, 3.05) is 0 Å². The third kappa shape index (κ3) is 2.26. The topological polar surface area (TPSA) is 32.6 Å². The molecule has 0 saturated carbocycles. The molecule has 1 N–H and O–H groups in total. The van der Waals surface area contributed by atoms with Gasteiger partial charge in [0.05, 0.1) is 5.69 Å². The minimum atomic E-state index is -0.646. The van der Waals surface area contributed by atoms with Crippen molar-refractivity contribution in [3.8, 4) is 5.75 Å². The third-order valence-corrected chi connectivity index (χ3v) is 3.13. The number of halogens is 1. The summed E-state index contributed by atoms with van der Waals surface area (Å²) < 4.78 is 13.2. The zero-order valence-corrected chi connectivity index (χ0v) is 10.6. The number of hydrogen-bond acceptors (Lipinski definition) is 2. The van der Waals surface area contributed by atoms with Gasteiger partial charge >= 0.3 is 0 Å². The second-order valence-electron chi connectivity index (χ2n) is 4.43. The maximum atomic E-state index is 13.2. The van der Waals surface area contributed by atoms with Crippen LogP contribution in [0.4, 0.5) is 10.1 Å². The van der Waals surface area contributed by atoms with Crippen molar-refractivity contribution in [2.24, 2.45) is 4.99 Å². The lowest BCUT2D eigenvalue weighted by Crippen LogP contribution is -1.85. The molecule has 0 aliphatic carbocycles. The fourth-order valence-corrected chi connectivity index (χ4v) is 2.10. The van der Waals surface area contributed by atoms with Crippen LogP contribution in [0.1, 0.15) is 5.56 Å². The number of phenols is 1. The standard InChI is InChI=1S/C17H12FNO/c18-15-9-3-7-13(17(15)20)11-19-16-10-4-6-12-5-1-2-8-14(12)16/h1-11,20H. The molecule has 0 aromatic heterocycles. The average molecular weight is 265 g/mol. The molecular weight excluding hydrogens is 253 g/mol. The van der Waals surface area contributed by atoms with E-state index in [2.05, 4.69) is 4.99 Å². The zero-order valence-electron chi connectivity index (χ0n) is 10.6. The molecule has 0 unspecified atom stereocenters. The predicted molar refractivity (Wildman–Crippen MR) is 79.3 cm³/mol. The van der Waals surface area contributed by atoms with Crippen LogP contribution in [0.25, 0.3) is 10.8 Å². The van der Waals surface area contributed by atoms with E-state index < -0.39 is 5.82 Å². The Morgan fingerprint density at radius 1 is 0.900 bits per heavy atom. The summed E-state index contributed by atoms with van der Waals surface area (Å²) in [5.41, 5.74) is 1.14. The van der Waals surface area contributed by atoms with Crippen LogP contribution in [0.15, 0.2) is 65.7 Å². The number of aromatic hydroxyl groups is 1. The number of aliphatic imine (C=N–C) groups is 1. The Morgan fingerprint density at radius 3 is 2.55 bits per heavy atom. The monoisotopic (exact) mass is 265 g/mol. The first-order valence-electron chi connectivity index (χ1n) is 6.25. The summed E-state index contributed by atoms with van der Waals surface area (Å²) >= 11 is 0. The van der Waals surface area contributed by atoms with Gasteiger partial charge in [-0.25, -0.2) is 4.39 Å².